The molecular weight excluding hydrogens is 506 g/mol. The highest BCUT2D eigenvalue weighted by Gasteiger charge is 2.32. The lowest BCUT2D eigenvalue weighted by atomic mass is 9.97. The van der Waals surface area contributed by atoms with Crippen LogP contribution < -0.4 is 0 Å². The number of carbonyl (C=O) groups is 2. The molecule has 0 heterocycles. The molecule has 1 amide bonds. The van der Waals surface area contributed by atoms with Gasteiger partial charge < -0.3 is 10.0 Å². The Balaban J connectivity index is 1.40. The van der Waals surface area contributed by atoms with Gasteiger partial charge in [-0.25, -0.2) is 4.79 Å². The fourth-order valence-corrected chi connectivity index (χ4v) is 5.52. The Morgan fingerprint density at radius 1 is 0.585 bits per heavy atom. The molecule has 0 aliphatic carbocycles. The molecule has 6 aromatic rings. The van der Waals surface area contributed by atoms with Gasteiger partial charge in [0, 0.05) is 18.5 Å². The van der Waals surface area contributed by atoms with Crippen molar-refractivity contribution in [2.75, 3.05) is 0 Å². The lowest BCUT2D eigenvalue weighted by Crippen LogP contribution is -2.46. The minimum atomic E-state index is -1.07. The summed E-state index contributed by atoms with van der Waals surface area (Å²) in [5, 5.41) is 14.3. The van der Waals surface area contributed by atoms with Crippen LogP contribution in [0.2, 0.25) is 0 Å². The molecule has 0 bridgehead atoms. The molecule has 4 nitrogen and oxygen atoms in total. The van der Waals surface area contributed by atoms with Gasteiger partial charge >= 0.3 is 5.97 Å². The maximum absolute atomic E-state index is 14.3. The minimum absolute atomic E-state index is 0.169. The summed E-state index contributed by atoms with van der Waals surface area (Å²) in [6, 6.07) is 44.2. The molecule has 0 fully saturated rings. The Labute approximate surface area is 239 Å². The first-order valence-electron chi connectivity index (χ1n) is 13.7. The predicted octanol–water partition coefficient (Wildman–Crippen LogP) is 8.00. The molecule has 0 saturated heterocycles. The first kappa shape index (κ1) is 26.0. The summed E-state index contributed by atoms with van der Waals surface area (Å²) in [4.78, 5) is 28.8. The largest absolute Gasteiger partial charge is 0.480 e. The van der Waals surface area contributed by atoms with Crippen LogP contribution in [0.1, 0.15) is 21.5 Å². The number of rotatable bonds is 8. The number of aliphatic carboxylic acids is 1. The molecule has 200 valence electrons. The Bertz CT molecular complexity index is 1830. The van der Waals surface area contributed by atoms with Crippen molar-refractivity contribution in [2.24, 2.45) is 0 Å². The highest BCUT2D eigenvalue weighted by atomic mass is 16.4. The highest BCUT2D eigenvalue weighted by Crippen LogP contribution is 2.27. The molecule has 6 aromatic carbocycles. The van der Waals surface area contributed by atoms with Crippen molar-refractivity contribution >= 4 is 33.4 Å². The van der Waals surface area contributed by atoms with E-state index in [2.05, 4.69) is 0 Å². The molecule has 0 radical (unpaired) electrons. The van der Waals surface area contributed by atoms with Gasteiger partial charge in [0.25, 0.3) is 5.91 Å². The van der Waals surface area contributed by atoms with Crippen LogP contribution in [-0.4, -0.2) is 27.9 Å². The van der Waals surface area contributed by atoms with Gasteiger partial charge in [0.1, 0.15) is 6.04 Å². The average Bonchev–Trinajstić information content (AvgIpc) is 3.03. The third-order valence-corrected chi connectivity index (χ3v) is 7.65. The first-order valence-corrected chi connectivity index (χ1v) is 13.7. The molecule has 0 aliphatic heterocycles. The second-order valence-corrected chi connectivity index (χ2v) is 10.2. The molecule has 4 heteroatoms. The van der Waals surface area contributed by atoms with E-state index in [0.29, 0.717) is 5.56 Å². The lowest BCUT2D eigenvalue weighted by molar-refractivity contribution is -0.142. The van der Waals surface area contributed by atoms with Crippen molar-refractivity contribution < 1.29 is 14.7 Å². The SMILES string of the molecule is O=C(O)C(Cc1ccc(-c2ccccc2)cc1)N(Cc1cccc2ccccc12)C(=O)c1cccc2ccccc12. The van der Waals surface area contributed by atoms with Crippen LogP contribution in [0.25, 0.3) is 32.7 Å². The molecule has 1 unspecified atom stereocenters. The molecule has 0 saturated carbocycles. The molecule has 0 aromatic heterocycles. The fraction of sp³-hybridized carbons (Fsp3) is 0.0811. The van der Waals surface area contributed by atoms with Gasteiger partial charge in [0.05, 0.1) is 0 Å². The van der Waals surface area contributed by atoms with Crippen molar-refractivity contribution in [3.8, 4) is 11.1 Å². The summed E-state index contributed by atoms with van der Waals surface area (Å²) in [6.07, 6.45) is 0.186. The summed E-state index contributed by atoms with van der Waals surface area (Å²) in [5.41, 5.74) is 4.40. The number of amides is 1. The van der Waals surface area contributed by atoms with Crippen molar-refractivity contribution in [2.45, 2.75) is 19.0 Å². The lowest BCUT2D eigenvalue weighted by Gasteiger charge is -2.30. The number of carboxylic acid groups (broad SMARTS) is 1. The topological polar surface area (TPSA) is 57.6 Å². The number of carbonyl (C=O) groups excluding carboxylic acids is 1. The van der Waals surface area contributed by atoms with Gasteiger partial charge in [-0.15, -0.1) is 0 Å². The standard InChI is InChI=1S/C37H29NO3/c39-36(34-19-9-15-30-13-5-7-18-33(30)34)38(25-31-16-8-14-29-12-4-6-17-32(29)31)35(37(40)41)24-26-20-22-28(23-21-26)27-10-2-1-3-11-27/h1-23,35H,24-25H2,(H,40,41). The van der Waals surface area contributed by atoms with E-state index in [1.54, 1.807) is 6.07 Å². The van der Waals surface area contributed by atoms with E-state index in [-0.39, 0.29) is 18.9 Å². The molecule has 1 atom stereocenters. The Morgan fingerprint density at radius 3 is 1.85 bits per heavy atom. The number of hydrogen-bond acceptors (Lipinski definition) is 2. The second-order valence-electron chi connectivity index (χ2n) is 10.2. The van der Waals surface area contributed by atoms with Crippen molar-refractivity contribution in [3.05, 3.63) is 156 Å². The monoisotopic (exact) mass is 535 g/mol. The third-order valence-electron chi connectivity index (χ3n) is 7.65. The van der Waals surface area contributed by atoms with Crippen molar-refractivity contribution in [3.63, 3.8) is 0 Å². The second kappa shape index (κ2) is 11.5. The first-order chi connectivity index (χ1) is 20.1. The Morgan fingerprint density at radius 2 is 1.15 bits per heavy atom. The van der Waals surface area contributed by atoms with Crippen LogP contribution in [0.4, 0.5) is 0 Å². The third kappa shape index (κ3) is 5.45. The van der Waals surface area contributed by atoms with Crippen LogP contribution in [0.15, 0.2) is 140 Å². The number of fused-ring (bicyclic) bond motifs is 2. The fourth-order valence-electron chi connectivity index (χ4n) is 5.52. The van der Waals surface area contributed by atoms with Crippen LogP contribution >= 0.6 is 0 Å². The van der Waals surface area contributed by atoms with Gasteiger partial charge in [0.15, 0.2) is 0 Å². The van der Waals surface area contributed by atoms with Gasteiger partial charge in [-0.3, -0.25) is 4.79 Å². The zero-order valence-electron chi connectivity index (χ0n) is 22.5. The smallest absolute Gasteiger partial charge is 0.326 e. The van der Waals surface area contributed by atoms with E-state index < -0.39 is 12.0 Å². The van der Waals surface area contributed by atoms with Crippen molar-refractivity contribution in [1.82, 2.24) is 4.90 Å². The van der Waals surface area contributed by atoms with Gasteiger partial charge in [0.2, 0.25) is 0 Å². The van der Waals surface area contributed by atoms with E-state index in [1.807, 2.05) is 133 Å². The van der Waals surface area contributed by atoms with Gasteiger partial charge in [-0.05, 0) is 49.9 Å². The zero-order valence-corrected chi connectivity index (χ0v) is 22.5. The van der Waals surface area contributed by atoms with Crippen LogP contribution in [0.5, 0.6) is 0 Å². The molecule has 41 heavy (non-hydrogen) atoms. The maximum Gasteiger partial charge on any atom is 0.326 e. The summed E-state index contributed by atoms with van der Waals surface area (Å²) in [5.74, 6) is -1.34. The van der Waals surface area contributed by atoms with E-state index in [9.17, 15) is 14.7 Å². The number of carboxylic acids is 1. The summed E-state index contributed by atoms with van der Waals surface area (Å²) in [7, 11) is 0. The summed E-state index contributed by atoms with van der Waals surface area (Å²) in [6.45, 7) is 0.169. The Kier molecular flexibility index (Phi) is 7.29. The van der Waals surface area contributed by atoms with E-state index >= 15 is 0 Å². The van der Waals surface area contributed by atoms with Crippen molar-refractivity contribution in [1.29, 1.82) is 0 Å². The van der Waals surface area contributed by atoms with Gasteiger partial charge in [-0.2, -0.15) is 0 Å². The van der Waals surface area contributed by atoms with Crippen LogP contribution in [-0.2, 0) is 17.8 Å². The van der Waals surface area contributed by atoms with E-state index in [0.717, 1.165) is 43.8 Å². The average molecular weight is 536 g/mol. The normalized spacial score (nSPS) is 11.8. The Hall–Kier alpha value is -5.22. The molecule has 0 spiro atoms. The number of nitrogens with zero attached hydrogens (tertiary/aromatic N) is 1. The quantitative estimate of drug-likeness (QED) is 0.215. The number of hydrogen-bond donors (Lipinski definition) is 1. The predicted molar refractivity (Wildman–Crippen MR) is 165 cm³/mol. The highest BCUT2D eigenvalue weighted by molar-refractivity contribution is 6.08. The molecule has 1 N–H and O–H groups in total. The minimum Gasteiger partial charge on any atom is -0.480 e. The summed E-state index contributed by atoms with van der Waals surface area (Å²) < 4.78 is 0. The zero-order chi connectivity index (χ0) is 28.2. The van der Waals surface area contributed by atoms with Gasteiger partial charge in [-0.1, -0.05) is 133 Å². The van der Waals surface area contributed by atoms with Crippen LogP contribution in [0.3, 0.4) is 0 Å². The molecular formula is C37H29NO3. The van der Waals surface area contributed by atoms with E-state index in [4.69, 9.17) is 0 Å². The maximum atomic E-state index is 14.3. The summed E-state index contributed by atoms with van der Waals surface area (Å²) >= 11 is 0. The number of benzene rings is 6. The molecule has 0 aliphatic rings. The van der Waals surface area contributed by atoms with E-state index in [1.165, 1.54) is 4.90 Å². The van der Waals surface area contributed by atoms with Crippen LogP contribution in [0, 0.1) is 0 Å². The molecule has 6 rings (SSSR count).